The van der Waals surface area contributed by atoms with E-state index in [1.54, 1.807) is 24.8 Å². The van der Waals surface area contributed by atoms with Crippen LogP contribution in [0.4, 0.5) is 5.82 Å². The maximum absolute atomic E-state index is 12.8. The van der Waals surface area contributed by atoms with Crippen LogP contribution >= 0.6 is 0 Å². The minimum absolute atomic E-state index is 0.0154. The standard InChI is InChI=1S/C21H28N6O/c1-3-25(4-2)17-7-10-26(13-17)20-18-8-11-27(14-19(18)23-15-24-20)21(28)16-6-5-9-22-12-16/h5-6,9,12,15,17H,3-4,7-8,10-11,13-14H2,1-2H3. The number of carbonyl (C=O) groups is 1. The normalized spacial score (nSPS) is 19.2. The molecule has 28 heavy (non-hydrogen) atoms. The number of hydrogen-bond acceptors (Lipinski definition) is 6. The van der Waals surface area contributed by atoms with Crippen molar-refractivity contribution >= 4 is 11.7 Å². The Morgan fingerprint density at radius 3 is 2.86 bits per heavy atom. The molecule has 1 fully saturated rings. The number of likely N-dealkylation sites (N-methyl/N-ethyl adjacent to an activating group) is 1. The number of hydrogen-bond donors (Lipinski definition) is 0. The SMILES string of the molecule is CCN(CC)C1CCN(c2ncnc3c2CCN(C(=O)c2cccnc2)C3)C1. The number of rotatable bonds is 5. The van der Waals surface area contributed by atoms with E-state index in [-0.39, 0.29) is 5.91 Å². The Morgan fingerprint density at radius 1 is 1.25 bits per heavy atom. The summed E-state index contributed by atoms with van der Waals surface area (Å²) < 4.78 is 0. The molecule has 2 aromatic heterocycles. The fourth-order valence-electron chi connectivity index (χ4n) is 4.43. The molecule has 4 rings (SSSR count). The first-order valence-electron chi connectivity index (χ1n) is 10.2. The van der Waals surface area contributed by atoms with Gasteiger partial charge in [-0.25, -0.2) is 9.97 Å². The minimum Gasteiger partial charge on any atom is -0.355 e. The third-order valence-corrected chi connectivity index (χ3v) is 5.97. The zero-order valence-corrected chi connectivity index (χ0v) is 16.7. The Balaban J connectivity index is 1.50. The number of pyridine rings is 1. The van der Waals surface area contributed by atoms with Gasteiger partial charge in [0.1, 0.15) is 12.1 Å². The second-order valence-electron chi connectivity index (χ2n) is 7.45. The zero-order valence-electron chi connectivity index (χ0n) is 16.7. The first-order valence-corrected chi connectivity index (χ1v) is 10.2. The van der Waals surface area contributed by atoms with Gasteiger partial charge >= 0.3 is 0 Å². The lowest BCUT2D eigenvalue weighted by Gasteiger charge is -2.31. The van der Waals surface area contributed by atoms with Gasteiger partial charge in [0.2, 0.25) is 0 Å². The van der Waals surface area contributed by atoms with E-state index in [9.17, 15) is 4.79 Å². The Labute approximate surface area is 166 Å². The highest BCUT2D eigenvalue weighted by Gasteiger charge is 2.31. The van der Waals surface area contributed by atoms with Crippen LogP contribution in [0.5, 0.6) is 0 Å². The van der Waals surface area contributed by atoms with Crippen LogP contribution in [0, 0.1) is 0 Å². The van der Waals surface area contributed by atoms with E-state index in [0.717, 1.165) is 44.1 Å². The first-order chi connectivity index (χ1) is 13.7. The lowest BCUT2D eigenvalue weighted by atomic mass is 10.0. The molecule has 0 aliphatic carbocycles. The molecule has 2 aromatic rings. The summed E-state index contributed by atoms with van der Waals surface area (Å²) in [5.41, 5.74) is 2.81. The van der Waals surface area contributed by atoms with Gasteiger partial charge in [0.05, 0.1) is 17.8 Å². The van der Waals surface area contributed by atoms with Crippen molar-refractivity contribution in [1.29, 1.82) is 0 Å². The van der Waals surface area contributed by atoms with E-state index in [1.807, 2.05) is 11.0 Å². The maximum atomic E-state index is 12.8. The second-order valence-corrected chi connectivity index (χ2v) is 7.45. The van der Waals surface area contributed by atoms with Gasteiger partial charge in [0.15, 0.2) is 0 Å². The smallest absolute Gasteiger partial charge is 0.255 e. The summed E-state index contributed by atoms with van der Waals surface area (Å²) in [4.78, 5) is 32.8. The predicted octanol–water partition coefficient (Wildman–Crippen LogP) is 1.99. The average Bonchev–Trinajstić information content (AvgIpc) is 3.23. The van der Waals surface area contributed by atoms with Crippen LogP contribution in [0.3, 0.4) is 0 Å². The van der Waals surface area contributed by atoms with E-state index in [2.05, 4.69) is 38.6 Å². The Hall–Kier alpha value is -2.54. The topological polar surface area (TPSA) is 65.5 Å². The van der Waals surface area contributed by atoms with Gasteiger partial charge < -0.3 is 9.80 Å². The van der Waals surface area contributed by atoms with Gasteiger partial charge in [-0.2, -0.15) is 0 Å². The second kappa shape index (κ2) is 8.22. The fraction of sp³-hybridized carbons (Fsp3) is 0.524. The molecule has 1 unspecified atom stereocenters. The van der Waals surface area contributed by atoms with Crippen LogP contribution in [0.1, 0.15) is 41.9 Å². The van der Waals surface area contributed by atoms with Crippen LogP contribution < -0.4 is 4.90 Å². The monoisotopic (exact) mass is 380 g/mol. The van der Waals surface area contributed by atoms with Crippen molar-refractivity contribution in [2.24, 2.45) is 0 Å². The van der Waals surface area contributed by atoms with Crippen molar-refractivity contribution in [1.82, 2.24) is 24.8 Å². The maximum Gasteiger partial charge on any atom is 0.255 e. The quantitative estimate of drug-likeness (QED) is 0.790. The Bertz CT molecular complexity index is 823. The largest absolute Gasteiger partial charge is 0.355 e. The molecule has 2 aliphatic heterocycles. The first kappa shape index (κ1) is 18.8. The molecule has 148 valence electrons. The number of anilines is 1. The predicted molar refractivity (Wildman–Crippen MR) is 108 cm³/mol. The van der Waals surface area contributed by atoms with Crippen molar-refractivity contribution in [3.63, 3.8) is 0 Å². The molecule has 7 heteroatoms. The molecule has 0 bridgehead atoms. The number of fused-ring (bicyclic) bond motifs is 1. The summed E-state index contributed by atoms with van der Waals surface area (Å²) in [5, 5.41) is 0. The summed E-state index contributed by atoms with van der Waals surface area (Å²) in [6.45, 7) is 9.90. The molecular weight excluding hydrogens is 352 g/mol. The Kier molecular flexibility index (Phi) is 5.52. The molecule has 0 radical (unpaired) electrons. The number of carbonyl (C=O) groups excluding carboxylic acids is 1. The van der Waals surface area contributed by atoms with Crippen molar-refractivity contribution in [2.75, 3.05) is 37.6 Å². The fourth-order valence-corrected chi connectivity index (χ4v) is 4.43. The van der Waals surface area contributed by atoms with E-state index in [0.29, 0.717) is 24.7 Å². The van der Waals surface area contributed by atoms with Gasteiger partial charge in [-0.05, 0) is 38.1 Å². The number of amides is 1. The lowest BCUT2D eigenvalue weighted by molar-refractivity contribution is 0.0731. The van der Waals surface area contributed by atoms with Crippen molar-refractivity contribution in [2.45, 2.75) is 39.3 Å². The highest BCUT2D eigenvalue weighted by molar-refractivity contribution is 5.94. The molecular formula is C21H28N6O. The van der Waals surface area contributed by atoms with Gasteiger partial charge in [0, 0.05) is 43.6 Å². The third-order valence-electron chi connectivity index (χ3n) is 5.97. The van der Waals surface area contributed by atoms with Crippen LogP contribution in [0.2, 0.25) is 0 Å². The summed E-state index contributed by atoms with van der Waals surface area (Å²) in [6.07, 6.45) is 6.93. The summed E-state index contributed by atoms with van der Waals surface area (Å²) in [7, 11) is 0. The van der Waals surface area contributed by atoms with Crippen LogP contribution in [0.15, 0.2) is 30.9 Å². The molecule has 0 aromatic carbocycles. The van der Waals surface area contributed by atoms with Crippen molar-refractivity contribution < 1.29 is 4.79 Å². The van der Waals surface area contributed by atoms with E-state index >= 15 is 0 Å². The number of aromatic nitrogens is 3. The third kappa shape index (κ3) is 3.58. The average molecular weight is 380 g/mol. The van der Waals surface area contributed by atoms with Gasteiger partial charge in [-0.1, -0.05) is 13.8 Å². The van der Waals surface area contributed by atoms with E-state index in [1.165, 1.54) is 12.0 Å². The van der Waals surface area contributed by atoms with Crippen LogP contribution in [0.25, 0.3) is 0 Å². The highest BCUT2D eigenvalue weighted by atomic mass is 16.2. The lowest BCUT2D eigenvalue weighted by Crippen LogP contribution is -2.39. The summed E-state index contributed by atoms with van der Waals surface area (Å²) >= 11 is 0. The van der Waals surface area contributed by atoms with E-state index in [4.69, 9.17) is 0 Å². The molecule has 1 amide bonds. The van der Waals surface area contributed by atoms with Gasteiger partial charge in [-0.15, -0.1) is 0 Å². The van der Waals surface area contributed by atoms with Crippen LogP contribution in [-0.2, 0) is 13.0 Å². The summed E-state index contributed by atoms with van der Waals surface area (Å²) in [5.74, 6) is 1.08. The Morgan fingerprint density at radius 2 is 2.11 bits per heavy atom. The molecule has 1 atom stereocenters. The molecule has 2 aliphatic rings. The molecule has 0 spiro atoms. The molecule has 1 saturated heterocycles. The zero-order chi connectivity index (χ0) is 19.5. The minimum atomic E-state index is 0.0154. The molecule has 4 heterocycles. The number of nitrogens with zero attached hydrogens (tertiary/aromatic N) is 6. The van der Waals surface area contributed by atoms with Gasteiger partial charge in [-0.3, -0.25) is 14.7 Å². The van der Waals surface area contributed by atoms with Gasteiger partial charge in [0.25, 0.3) is 5.91 Å². The molecule has 7 nitrogen and oxygen atoms in total. The summed E-state index contributed by atoms with van der Waals surface area (Å²) in [6, 6.07) is 4.20. The van der Waals surface area contributed by atoms with E-state index < -0.39 is 0 Å². The van der Waals surface area contributed by atoms with Crippen molar-refractivity contribution in [3.05, 3.63) is 47.7 Å². The highest BCUT2D eigenvalue weighted by Crippen LogP contribution is 2.29. The molecule has 0 N–H and O–H groups in total. The van der Waals surface area contributed by atoms with Crippen LogP contribution in [-0.4, -0.2) is 69.4 Å². The van der Waals surface area contributed by atoms with Crippen molar-refractivity contribution in [3.8, 4) is 0 Å². The molecule has 0 saturated carbocycles.